The lowest BCUT2D eigenvalue weighted by Gasteiger charge is -2.51. The van der Waals surface area contributed by atoms with E-state index in [1.54, 1.807) is 0 Å². The summed E-state index contributed by atoms with van der Waals surface area (Å²) in [6.45, 7) is 72.8. The van der Waals surface area contributed by atoms with Crippen LogP contribution in [0.2, 0.25) is 0 Å². The Balaban J connectivity index is 0.000000307. The van der Waals surface area contributed by atoms with Gasteiger partial charge in [-0.3, -0.25) is 9.59 Å². The Morgan fingerprint density at radius 3 is 1.21 bits per heavy atom. The third kappa shape index (κ3) is 19.9. The third-order valence-electron chi connectivity index (χ3n) is 25.8. The van der Waals surface area contributed by atoms with Crippen LogP contribution in [-0.4, -0.2) is 139 Å². The van der Waals surface area contributed by atoms with E-state index in [1.807, 2.05) is 55.4 Å². The van der Waals surface area contributed by atoms with Gasteiger partial charge in [-0.15, -0.1) is 0 Å². The first kappa shape index (κ1) is 83.9. The molecule has 0 aromatic carbocycles. The SMILES string of the molecule is C=C1C(O)[C@@H](C)[C@@H](O)[C@H](C)CC(C)(C)[C@H](O[C@@H]2O[C@H](C)C[C@H](C)[C@H]2C)[C@@H](C)[C@H](O[C@H]2CC(C)(C)[C@@H](C)[C@H](C)O2)[C@@H](C)C(=O)O[C@@H]1CC.C=C1C2OC(C)(C)O[C@@H]([C@H](C)CC(C)(C)[C@H](O[C@@H]3O[C@H](C)C[C@H](C)[C@H]3C)[C@@H](C)[C@H](O[C@H]3CC(C)(C)[C@@H](C)[C@H](C)O3)[C@@H](C)C(=O)O[C@@H]1CC)[C@@H]2C. The van der Waals surface area contributed by atoms with Gasteiger partial charge in [0.15, 0.2) is 30.9 Å². The van der Waals surface area contributed by atoms with Crippen LogP contribution in [0.15, 0.2) is 24.3 Å². The number of aliphatic hydroxyl groups is 2. The van der Waals surface area contributed by atoms with Crippen LogP contribution in [0, 0.1) is 105 Å². The summed E-state index contributed by atoms with van der Waals surface area (Å²) in [5.74, 6) is -1.87. The molecule has 7 saturated heterocycles. The maximum atomic E-state index is 14.4. The van der Waals surface area contributed by atoms with E-state index >= 15 is 0 Å². The molecule has 7 aliphatic heterocycles. The van der Waals surface area contributed by atoms with Crippen molar-refractivity contribution in [2.75, 3.05) is 0 Å². The molecule has 16 nitrogen and oxygen atoms in total. The molecular formula is C81H144O16. The van der Waals surface area contributed by atoms with E-state index in [-0.39, 0.29) is 113 Å². The fraction of sp³-hybridized carbons (Fsp3) is 0.926. The second kappa shape index (κ2) is 33.4. The minimum atomic E-state index is -1.04. The maximum absolute atomic E-state index is 14.4. The highest BCUT2D eigenvalue weighted by Crippen LogP contribution is 2.51. The summed E-state index contributed by atoms with van der Waals surface area (Å²) in [7, 11) is 0. The van der Waals surface area contributed by atoms with Crippen molar-refractivity contribution in [1.29, 1.82) is 0 Å². The van der Waals surface area contributed by atoms with Crippen LogP contribution in [0.5, 0.6) is 0 Å². The van der Waals surface area contributed by atoms with Crippen LogP contribution in [0.4, 0.5) is 0 Å². The highest BCUT2D eigenvalue weighted by molar-refractivity contribution is 5.74. The highest BCUT2D eigenvalue weighted by atomic mass is 16.7. The first-order chi connectivity index (χ1) is 44.6. The number of aliphatic hydroxyl groups excluding tert-OH is 2. The van der Waals surface area contributed by atoms with Crippen LogP contribution >= 0.6 is 0 Å². The molecule has 0 saturated carbocycles. The van der Waals surface area contributed by atoms with Gasteiger partial charge in [0.25, 0.3) is 0 Å². The van der Waals surface area contributed by atoms with Crippen molar-refractivity contribution < 1.29 is 76.6 Å². The van der Waals surface area contributed by atoms with Gasteiger partial charge in [-0.1, -0.05) is 165 Å². The van der Waals surface area contributed by atoms with Gasteiger partial charge in [0.2, 0.25) is 0 Å². The number of esters is 2. The zero-order chi connectivity index (χ0) is 73.4. The van der Waals surface area contributed by atoms with Crippen LogP contribution in [0.3, 0.4) is 0 Å². The van der Waals surface area contributed by atoms with Crippen LogP contribution in [0.25, 0.3) is 0 Å². The monoisotopic (exact) mass is 1370 g/mol. The molecule has 2 N–H and O–H groups in total. The number of hydrogen-bond acceptors (Lipinski definition) is 16. The van der Waals surface area contributed by atoms with Gasteiger partial charge in [0, 0.05) is 48.3 Å². The number of cyclic esters (lactones) is 2. The zero-order valence-electron chi connectivity index (χ0n) is 66.7. The smallest absolute Gasteiger partial charge is 0.311 e. The second-order valence-corrected chi connectivity index (χ2v) is 36.2. The molecule has 564 valence electrons. The average molecular weight is 1370 g/mol. The predicted octanol–water partition coefficient (Wildman–Crippen LogP) is 16.9. The van der Waals surface area contributed by atoms with Crippen molar-refractivity contribution in [3.8, 4) is 0 Å². The molecule has 7 rings (SSSR count). The molecule has 0 amide bonds. The lowest BCUT2D eigenvalue weighted by atomic mass is 9.69. The Morgan fingerprint density at radius 2 is 0.825 bits per heavy atom. The fourth-order valence-corrected chi connectivity index (χ4v) is 18.3. The molecular weight excluding hydrogens is 1230 g/mol. The summed E-state index contributed by atoms with van der Waals surface area (Å²) in [6.07, 6.45) is -1.11. The maximum Gasteiger partial charge on any atom is 0.311 e. The summed E-state index contributed by atoms with van der Waals surface area (Å²) in [5, 5.41) is 22.9. The number of carbonyl (C=O) groups is 2. The summed E-state index contributed by atoms with van der Waals surface area (Å²) in [5.41, 5.74) is 0.328. The lowest BCUT2D eigenvalue weighted by molar-refractivity contribution is -0.324. The molecule has 97 heavy (non-hydrogen) atoms. The molecule has 0 aliphatic carbocycles. The van der Waals surface area contributed by atoms with Gasteiger partial charge >= 0.3 is 11.9 Å². The van der Waals surface area contributed by atoms with E-state index < -0.39 is 96.5 Å². The zero-order valence-corrected chi connectivity index (χ0v) is 66.7. The molecule has 2 bridgehead atoms. The Bertz CT molecular complexity index is 2550. The van der Waals surface area contributed by atoms with Crippen molar-refractivity contribution in [2.45, 2.75) is 375 Å². The molecule has 7 heterocycles. The topological polar surface area (TPSA) is 185 Å². The number of hydrogen-bond donors (Lipinski definition) is 2. The van der Waals surface area contributed by atoms with Gasteiger partial charge in [-0.05, 0) is 162 Å². The van der Waals surface area contributed by atoms with E-state index in [9.17, 15) is 19.8 Å². The number of rotatable bonds is 10. The molecule has 0 aromatic heterocycles. The van der Waals surface area contributed by atoms with Gasteiger partial charge in [0.1, 0.15) is 12.2 Å². The largest absolute Gasteiger partial charge is 0.457 e. The Morgan fingerprint density at radius 1 is 0.443 bits per heavy atom. The van der Waals surface area contributed by atoms with Crippen LogP contribution < -0.4 is 0 Å². The molecule has 7 aliphatic rings. The van der Waals surface area contributed by atoms with Gasteiger partial charge < -0.3 is 67.1 Å². The molecule has 2 unspecified atom stereocenters. The van der Waals surface area contributed by atoms with Crippen molar-refractivity contribution in [3.05, 3.63) is 24.3 Å². The van der Waals surface area contributed by atoms with Crippen molar-refractivity contribution in [1.82, 2.24) is 0 Å². The van der Waals surface area contributed by atoms with Gasteiger partial charge in [0.05, 0.1) is 85.1 Å². The van der Waals surface area contributed by atoms with Crippen LogP contribution in [0.1, 0.15) is 259 Å². The standard InChI is InChI=1S/C42H74O8.C39H70O8/c1-18-32-26(6)36-27(7)34(49-42(16,17)50-36)23(3)20-41(14,15)37(48-39-25(5)22(2)19-24(4)44-39)28(8)35(29(9)38(43)46-32)47-33-21-40(12,13)30(10)31(11)45-33;1-16-30-24(6)33(41)25(7)32(40)21(3)18-39(14,15)35(47-37-23(5)20(2)17-22(4)43-37)26(8)34(27(9)36(42)45-30)46-31-19-38(12,13)28(10)29(11)44-31/h22-25,27-37,39H,6,18-21H2,1-5,7-17H3;20-23,25-35,37,40-41H,6,16-19H2,1-5,7-15H3/t22-,23+,24+,25+,27-,28-,29+,30-,31-,32+,33-,34-,35-,36?,37+,39-;20-,21+,22+,23+,25-,26-,27+,28-,29-,30+,31-,32-,33?,34-,35+,37-/m00/s1. The van der Waals surface area contributed by atoms with E-state index in [4.69, 9.17) is 56.8 Å². The minimum absolute atomic E-state index is 0.00176. The summed E-state index contributed by atoms with van der Waals surface area (Å²) in [6, 6.07) is 0. The molecule has 0 radical (unpaired) electrons. The molecule has 0 aromatic rings. The Labute approximate surface area is 590 Å². The lowest BCUT2D eigenvalue weighted by Crippen LogP contribution is -2.56. The average Bonchev–Trinajstić information content (AvgIpc) is 0.777. The number of ether oxygens (including phenoxy) is 12. The molecule has 0 spiro atoms. The Kier molecular flexibility index (Phi) is 28.9. The van der Waals surface area contributed by atoms with Crippen LogP contribution in [-0.2, 0) is 66.4 Å². The van der Waals surface area contributed by atoms with Crippen molar-refractivity contribution in [3.63, 3.8) is 0 Å². The van der Waals surface area contributed by atoms with Gasteiger partial charge in [-0.2, -0.15) is 0 Å². The van der Waals surface area contributed by atoms with Crippen molar-refractivity contribution in [2.24, 2.45) is 105 Å². The molecule has 32 atom stereocenters. The van der Waals surface area contributed by atoms with E-state index in [0.29, 0.717) is 54.9 Å². The predicted molar refractivity (Wildman–Crippen MR) is 382 cm³/mol. The number of fused-ring (bicyclic) bond motifs is 2. The Hall–Kier alpha value is -2.06. The van der Waals surface area contributed by atoms with E-state index in [0.717, 1.165) is 31.3 Å². The van der Waals surface area contributed by atoms with E-state index in [1.165, 1.54) is 0 Å². The van der Waals surface area contributed by atoms with Crippen molar-refractivity contribution >= 4 is 11.9 Å². The second-order valence-electron chi connectivity index (χ2n) is 36.2. The summed E-state index contributed by atoms with van der Waals surface area (Å²) < 4.78 is 80.1. The minimum Gasteiger partial charge on any atom is -0.457 e. The summed E-state index contributed by atoms with van der Waals surface area (Å²) in [4.78, 5) is 28.4. The summed E-state index contributed by atoms with van der Waals surface area (Å²) >= 11 is 0. The number of carbonyl (C=O) groups excluding carboxylic acids is 2. The fourth-order valence-electron chi connectivity index (χ4n) is 18.3. The highest BCUT2D eigenvalue weighted by Gasteiger charge is 2.54. The first-order valence-electron chi connectivity index (χ1n) is 38.4. The molecule has 7 fully saturated rings. The first-order valence-corrected chi connectivity index (χ1v) is 38.4. The van der Waals surface area contributed by atoms with E-state index in [2.05, 4.69) is 165 Å². The van der Waals surface area contributed by atoms with Gasteiger partial charge in [-0.25, -0.2) is 0 Å². The molecule has 16 heteroatoms. The normalized spacial score (nSPS) is 47.2. The quantitative estimate of drug-likeness (QED) is 0.155. The third-order valence-corrected chi connectivity index (χ3v) is 25.8.